The third-order valence-electron chi connectivity index (χ3n) is 4.56. The van der Waals surface area contributed by atoms with E-state index in [0.29, 0.717) is 30.9 Å². The molecular formula is C19H23N5O6S. The number of hydrogen-bond donors (Lipinski definition) is 2. The highest BCUT2D eigenvalue weighted by atomic mass is 32.2. The second-order valence-electron chi connectivity index (χ2n) is 6.75. The lowest BCUT2D eigenvalue weighted by Crippen LogP contribution is -2.25. The number of ether oxygens (including phenoxy) is 1. The standard InChI is InChI=1S/C19H23N5O6S/c1-3-4-5-13-17(24(27)28)18(20-8-9-31-10-14-12(2)21-11-22-14)23-19(13)29-15(25)6-7-16(26)30-23/h6-7,11,20H,3-5,8-10H2,1-2H3,(H,21,22)/b7-6-. The largest absolute Gasteiger partial charge is 0.402 e. The molecule has 2 aromatic heterocycles. The van der Waals surface area contributed by atoms with Crippen molar-refractivity contribution in [3.05, 3.63) is 45.5 Å². The molecule has 0 radical (unpaired) electrons. The normalized spacial score (nSPS) is 14.3. The predicted molar refractivity (Wildman–Crippen MR) is 114 cm³/mol. The molecule has 166 valence electrons. The van der Waals surface area contributed by atoms with Crippen molar-refractivity contribution in [3.63, 3.8) is 0 Å². The van der Waals surface area contributed by atoms with Gasteiger partial charge in [-0.15, -0.1) is 4.73 Å². The molecule has 0 saturated heterocycles. The Morgan fingerprint density at radius 3 is 2.77 bits per heavy atom. The predicted octanol–water partition coefficient (Wildman–Crippen LogP) is 2.55. The van der Waals surface area contributed by atoms with Crippen LogP contribution in [-0.4, -0.2) is 43.9 Å². The number of H-pyrrole nitrogens is 1. The molecule has 0 aliphatic carbocycles. The van der Waals surface area contributed by atoms with Crippen LogP contribution >= 0.6 is 11.8 Å². The maximum Gasteiger partial charge on any atom is 0.356 e. The van der Waals surface area contributed by atoms with Crippen molar-refractivity contribution < 1.29 is 24.1 Å². The third-order valence-corrected chi connectivity index (χ3v) is 5.54. The summed E-state index contributed by atoms with van der Waals surface area (Å²) in [6.07, 6.45) is 5.18. The molecule has 0 fully saturated rings. The van der Waals surface area contributed by atoms with Crippen molar-refractivity contribution in [2.24, 2.45) is 0 Å². The van der Waals surface area contributed by atoms with E-state index in [9.17, 15) is 19.7 Å². The Labute approximate surface area is 182 Å². The monoisotopic (exact) mass is 449 g/mol. The van der Waals surface area contributed by atoms with Gasteiger partial charge in [-0.25, -0.2) is 14.6 Å². The van der Waals surface area contributed by atoms with Gasteiger partial charge in [-0.1, -0.05) is 13.3 Å². The number of aryl methyl sites for hydroxylation is 1. The van der Waals surface area contributed by atoms with Crippen LogP contribution in [0.4, 0.5) is 11.5 Å². The molecule has 0 atom stereocenters. The lowest BCUT2D eigenvalue weighted by Gasteiger charge is -2.13. The third kappa shape index (κ3) is 5.26. The number of carbonyl (C=O) groups excluding carboxylic acids is 2. The van der Waals surface area contributed by atoms with Gasteiger partial charge in [0.1, 0.15) is 0 Å². The molecule has 0 aromatic carbocycles. The number of aromatic amines is 1. The fraction of sp³-hybridized carbons (Fsp3) is 0.421. The molecule has 0 unspecified atom stereocenters. The lowest BCUT2D eigenvalue weighted by atomic mass is 10.1. The van der Waals surface area contributed by atoms with Crippen LogP contribution in [0.15, 0.2) is 18.5 Å². The van der Waals surface area contributed by atoms with Crippen molar-refractivity contribution in [1.82, 2.24) is 14.7 Å². The van der Waals surface area contributed by atoms with E-state index >= 15 is 0 Å². The molecule has 1 aliphatic heterocycles. The van der Waals surface area contributed by atoms with E-state index < -0.39 is 16.9 Å². The van der Waals surface area contributed by atoms with Gasteiger partial charge in [-0.05, 0) is 19.8 Å². The van der Waals surface area contributed by atoms with E-state index in [1.807, 2.05) is 13.8 Å². The van der Waals surface area contributed by atoms with Crippen LogP contribution in [0, 0.1) is 17.0 Å². The Balaban J connectivity index is 1.84. The quantitative estimate of drug-likeness (QED) is 0.242. The highest BCUT2D eigenvalue weighted by Gasteiger charge is 2.35. The molecule has 0 bridgehead atoms. The highest BCUT2D eigenvalue weighted by Crippen LogP contribution is 2.40. The number of nitrogens with zero attached hydrogens (tertiary/aromatic N) is 3. The fourth-order valence-electron chi connectivity index (χ4n) is 3.01. The average Bonchev–Trinajstić information content (AvgIpc) is 3.25. The number of imidazole rings is 1. The molecule has 0 spiro atoms. The second kappa shape index (κ2) is 10.2. The number of fused-ring (bicyclic) bond motifs is 1. The van der Waals surface area contributed by atoms with Crippen LogP contribution in [0.2, 0.25) is 0 Å². The first-order valence-corrected chi connectivity index (χ1v) is 10.9. The van der Waals surface area contributed by atoms with Crippen LogP contribution in [0.5, 0.6) is 5.88 Å². The maximum atomic E-state index is 12.0. The number of nitrogens with one attached hydrogen (secondary N) is 2. The van der Waals surface area contributed by atoms with Gasteiger partial charge < -0.3 is 19.9 Å². The summed E-state index contributed by atoms with van der Waals surface area (Å²) in [5.41, 5.74) is 1.88. The Bertz CT molecular complexity index is 1010. The van der Waals surface area contributed by atoms with Crippen molar-refractivity contribution in [1.29, 1.82) is 0 Å². The molecule has 11 nitrogen and oxygen atoms in total. The van der Waals surface area contributed by atoms with Gasteiger partial charge in [0.2, 0.25) is 11.7 Å². The minimum absolute atomic E-state index is 0.0286. The van der Waals surface area contributed by atoms with Gasteiger partial charge in [-0.3, -0.25) is 10.1 Å². The van der Waals surface area contributed by atoms with Crippen LogP contribution in [0.25, 0.3) is 0 Å². The molecule has 3 rings (SSSR count). The summed E-state index contributed by atoms with van der Waals surface area (Å²) in [4.78, 5) is 47.8. The highest BCUT2D eigenvalue weighted by molar-refractivity contribution is 7.98. The number of rotatable bonds is 10. The Hall–Kier alpha value is -3.28. The van der Waals surface area contributed by atoms with Crippen molar-refractivity contribution in [3.8, 4) is 5.88 Å². The topological polar surface area (TPSA) is 141 Å². The van der Waals surface area contributed by atoms with E-state index in [1.165, 1.54) is 0 Å². The molecule has 2 N–H and O–H groups in total. The van der Waals surface area contributed by atoms with E-state index in [1.54, 1.807) is 18.1 Å². The Morgan fingerprint density at radius 1 is 1.32 bits per heavy atom. The van der Waals surface area contributed by atoms with Gasteiger partial charge in [-0.2, -0.15) is 11.8 Å². The van der Waals surface area contributed by atoms with E-state index in [-0.39, 0.29) is 22.9 Å². The summed E-state index contributed by atoms with van der Waals surface area (Å²) >= 11 is 1.60. The number of aromatic nitrogens is 3. The maximum absolute atomic E-state index is 12.0. The van der Waals surface area contributed by atoms with Crippen LogP contribution in [0.3, 0.4) is 0 Å². The van der Waals surface area contributed by atoms with Crippen molar-refractivity contribution in [2.75, 3.05) is 17.6 Å². The molecule has 0 amide bonds. The minimum atomic E-state index is -0.837. The molecule has 0 saturated carbocycles. The smallest absolute Gasteiger partial charge is 0.356 e. The lowest BCUT2D eigenvalue weighted by molar-refractivity contribution is -0.384. The number of anilines is 1. The van der Waals surface area contributed by atoms with Crippen LogP contribution < -0.4 is 14.9 Å². The van der Waals surface area contributed by atoms with Gasteiger partial charge in [0.15, 0.2) is 0 Å². The van der Waals surface area contributed by atoms with Crippen molar-refractivity contribution >= 4 is 35.2 Å². The molecule has 31 heavy (non-hydrogen) atoms. The van der Waals surface area contributed by atoms with Gasteiger partial charge >= 0.3 is 17.6 Å². The van der Waals surface area contributed by atoms with Crippen molar-refractivity contribution in [2.45, 2.75) is 38.9 Å². The van der Waals surface area contributed by atoms with Gasteiger partial charge in [0.05, 0.1) is 22.5 Å². The van der Waals surface area contributed by atoms with E-state index in [2.05, 4.69) is 15.3 Å². The van der Waals surface area contributed by atoms with E-state index in [4.69, 9.17) is 9.57 Å². The number of carbonyl (C=O) groups is 2. The zero-order chi connectivity index (χ0) is 22.4. The van der Waals surface area contributed by atoms with Crippen LogP contribution in [0.1, 0.15) is 36.7 Å². The summed E-state index contributed by atoms with van der Waals surface area (Å²) in [7, 11) is 0. The molecule has 3 heterocycles. The SMILES string of the molecule is CCCCc1c([N+](=O)[O-])c(NCCSCc2nc[nH]c2C)n2c1OC(=O)/C=C\C(=O)O2. The average molecular weight is 449 g/mol. The van der Waals surface area contributed by atoms with Gasteiger partial charge in [0.25, 0.3) is 0 Å². The summed E-state index contributed by atoms with van der Waals surface area (Å²) < 4.78 is 6.19. The molecular weight excluding hydrogens is 426 g/mol. The summed E-state index contributed by atoms with van der Waals surface area (Å²) in [5.74, 6) is -0.521. The summed E-state index contributed by atoms with van der Waals surface area (Å²) in [6, 6.07) is 0. The van der Waals surface area contributed by atoms with E-state index in [0.717, 1.165) is 34.7 Å². The fourth-order valence-corrected chi connectivity index (χ4v) is 3.89. The number of nitro groups is 1. The zero-order valence-electron chi connectivity index (χ0n) is 17.2. The second-order valence-corrected chi connectivity index (χ2v) is 7.86. The Kier molecular flexibility index (Phi) is 7.34. The number of unbranched alkanes of at least 4 members (excludes halogenated alkanes) is 1. The van der Waals surface area contributed by atoms with Crippen LogP contribution in [-0.2, 0) is 21.8 Å². The molecule has 12 heteroatoms. The first-order chi connectivity index (χ1) is 14.9. The zero-order valence-corrected chi connectivity index (χ0v) is 18.0. The number of thioether (sulfide) groups is 1. The molecule has 1 aliphatic rings. The van der Waals surface area contributed by atoms with Gasteiger partial charge in [0, 0.05) is 35.9 Å². The summed E-state index contributed by atoms with van der Waals surface area (Å²) in [5, 5.41) is 14.9. The summed E-state index contributed by atoms with van der Waals surface area (Å²) in [6.45, 7) is 4.23. The first-order valence-electron chi connectivity index (χ1n) is 9.77. The number of esters is 1. The first kappa shape index (κ1) is 22.4. The minimum Gasteiger partial charge on any atom is -0.402 e. The number of hydrogen-bond acceptors (Lipinski definition) is 9. The molecule has 2 aromatic rings. The Morgan fingerprint density at radius 2 is 2.10 bits per heavy atom.